The van der Waals surface area contributed by atoms with Gasteiger partial charge in [-0.1, -0.05) is 35.3 Å². The molecule has 0 aliphatic heterocycles. The highest BCUT2D eigenvalue weighted by molar-refractivity contribution is 6.32. The molecule has 0 radical (unpaired) electrons. The number of nitrogens with one attached hydrogen (secondary N) is 1. The maximum atomic E-state index is 8.83. The molecule has 0 saturated carbocycles. The number of hydrogen-bond acceptors (Lipinski definition) is 2. The van der Waals surface area contributed by atoms with Crippen molar-refractivity contribution >= 4 is 28.9 Å². The van der Waals surface area contributed by atoms with Gasteiger partial charge in [-0.25, -0.2) is 0 Å². The first-order chi connectivity index (χ1) is 9.10. The smallest absolute Gasteiger partial charge is 0.101 e. The van der Waals surface area contributed by atoms with Crippen molar-refractivity contribution in [2.24, 2.45) is 0 Å². The second-order valence-electron chi connectivity index (χ2n) is 4.23. The third-order valence-electron chi connectivity index (χ3n) is 2.82. The highest BCUT2D eigenvalue weighted by Crippen LogP contribution is 2.25. The minimum atomic E-state index is 0.0997. The van der Waals surface area contributed by atoms with E-state index in [1.165, 1.54) is 0 Å². The van der Waals surface area contributed by atoms with Gasteiger partial charge in [0, 0.05) is 16.8 Å². The van der Waals surface area contributed by atoms with Gasteiger partial charge in [0.1, 0.15) is 6.07 Å². The van der Waals surface area contributed by atoms with Gasteiger partial charge in [0.2, 0.25) is 0 Å². The summed E-state index contributed by atoms with van der Waals surface area (Å²) in [6.07, 6.45) is 0. The van der Waals surface area contributed by atoms with Crippen molar-refractivity contribution in [3.05, 3.63) is 63.6 Å². The van der Waals surface area contributed by atoms with Crippen molar-refractivity contribution in [2.75, 3.05) is 5.32 Å². The topological polar surface area (TPSA) is 35.8 Å². The lowest BCUT2D eigenvalue weighted by Crippen LogP contribution is -2.06. The largest absolute Gasteiger partial charge is 0.378 e. The molecule has 2 aromatic carbocycles. The van der Waals surface area contributed by atoms with Gasteiger partial charge >= 0.3 is 0 Å². The summed E-state index contributed by atoms with van der Waals surface area (Å²) in [5.74, 6) is 0. The Morgan fingerprint density at radius 3 is 2.58 bits per heavy atom. The van der Waals surface area contributed by atoms with Crippen LogP contribution in [0.2, 0.25) is 10.0 Å². The van der Waals surface area contributed by atoms with Crippen molar-refractivity contribution in [2.45, 2.75) is 13.0 Å². The Hall–Kier alpha value is -1.69. The van der Waals surface area contributed by atoms with Crippen molar-refractivity contribution in [3.8, 4) is 6.07 Å². The standard InChI is InChI=1S/C15H12Cl2N2/c1-10(11-3-2-4-13(16)7-11)19-14-6-5-12(9-18)15(17)8-14/h2-8,10,19H,1H3. The van der Waals surface area contributed by atoms with E-state index in [2.05, 4.69) is 5.32 Å². The molecule has 1 atom stereocenters. The normalized spacial score (nSPS) is 11.7. The Balaban J connectivity index is 2.17. The fraction of sp³-hybridized carbons (Fsp3) is 0.133. The Morgan fingerprint density at radius 1 is 1.16 bits per heavy atom. The van der Waals surface area contributed by atoms with Crippen LogP contribution in [0.1, 0.15) is 24.1 Å². The Labute approximate surface area is 122 Å². The molecule has 1 unspecified atom stereocenters. The second-order valence-corrected chi connectivity index (χ2v) is 5.07. The minimum absolute atomic E-state index is 0.0997. The molecule has 0 bridgehead atoms. The van der Waals surface area contributed by atoms with Crippen LogP contribution >= 0.6 is 23.2 Å². The summed E-state index contributed by atoms with van der Waals surface area (Å²) in [7, 11) is 0. The lowest BCUT2D eigenvalue weighted by molar-refractivity contribution is 0.885. The van der Waals surface area contributed by atoms with Crippen LogP contribution in [0.25, 0.3) is 0 Å². The summed E-state index contributed by atoms with van der Waals surface area (Å²) in [6.45, 7) is 2.04. The molecule has 0 aromatic heterocycles. The van der Waals surface area contributed by atoms with Crippen molar-refractivity contribution < 1.29 is 0 Å². The van der Waals surface area contributed by atoms with Crippen LogP contribution in [0.4, 0.5) is 5.69 Å². The van der Waals surface area contributed by atoms with Gasteiger partial charge in [-0.05, 0) is 42.8 Å². The van der Waals surface area contributed by atoms with E-state index < -0.39 is 0 Å². The molecule has 2 nitrogen and oxygen atoms in total. The van der Waals surface area contributed by atoms with Crippen LogP contribution < -0.4 is 5.32 Å². The molecule has 2 rings (SSSR count). The molecule has 96 valence electrons. The summed E-state index contributed by atoms with van der Waals surface area (Å²) >= 11 is 12.0. The van der Waals surface area contributed by atoms with Crippen molar-refractivity contribution in [3.63, 3.8) is 0 Å². The second kappa shape index (κ2) is 5.97. The lowest BCUT2D eigenvalue weighted by Gasteiger charge is -2.16. The van der Waals surface area contributed by atoms with E-state index >= 15 is 0 Å². The first-order valence-corrected chi connectivity index (χ1v) is 6.57. The molecule has 0 spiro atoms. The SMILES string of the molecule is CC(Nc1ccc(C#N)c(Cl)c1)c1cccc(Cl)c1. The quantitative estimate of drug-likeness (QED) is 0.860. The number of anilines is 1. The zero-order valence-electron chi connectivity index (χ0n) is 10.3. The molecule has 0 heterocycles. The van der Waals surface area contributed by atoms with Crippen molar-refractivity contribution in [1.82, 2.24) is 0 Å². The molecule has 0 saturated heterocycles. The molecule has 0 aliphatic rings. The van der Waals surface area contributed by atoms with E-state index in [1.807, 2.05) is 43.3 Å². The van der Waals surface area contributed by atoms with E-state index in [4.69, 9.17) is 28.5 Å². The summed E-state index contributed by atoms with van der Waals surface area (Å²) in [6, 6.07) is 15.1. The summed E-state index contributed by atoms with van der Waals surface area (Å²) in [5, 5.41) is 13.3. The molecular weight excluding hydrogens is 279 g/mol. The molecule has 4 heteroatoms. The van der Waals surface area contributed by atoms with Gasteiger partial charge in [0.15, 0.2) is 0 Å². The first kappa shape index (κ1) is 13.7. The number of nitriles is 1. The maximum absolute atomic E-state index is 8.83. The summed E-state index contributed by atoms with van der Waals surface area (Å²) < 4.78 is 0. The van der Waals surface area contributed by atoms with E-state index in [9.17, 15) is 0 Å². The molecule has 0 aliphatic carbocycles. The van der Waals surface area contributed by atoms with Crippen LogP contribution in [0.3, 0.4) is 0 Å². The van der Waals surface area contributed by atoms with Gasteiger partial charge in [-0.3, -0.25) is 0 Å². The maximum Gasteiger partial charge on any atom is 0.101 e. The summed E-state index contributed by atoms with van der Waals surface area (Å²) in [5.41, 5.74) is 2.44. The number of benzene rings is 2. The number of rotatable bonds is 3. The van der Waals surface area contributed by atoms with Crippen LogP contribution in [0.15, 0.2) is 42.5 Å². The summed E-state index contributed by atoms with van der Waals surface area (Å²) in [4.78, 5) is 0. The monoisotopic (exact) mass is 290 g/mol. The lowest BCUT2D eigenvalue weighted by atomic mass is 10.1. The zero-order chi connectivity index (χ0) is 13.8. The highest BCUT2D eigenvalue weighted by atomic mass is 35.5. The Morgan fingerprint density at radius 2 is 1.95 bits per heavy atom. The molecule has 1 N–H and O–H groups in total. The van der Waals surface area contributed by atoms with E-state index in [0.29, 0.717) is 15.6 Å². The number of hydrogen-bond donors (Lipinski definition) is 1. The van der Waals surface area contributed by atoms with Gasteiger partial charge in [0.25, 0.3) is 0 Å². The average Bonchev–Trinajstić information content (AvgIpc) is 2.39. The Bertz CT molecular complexity index is 632. The van der Waals surface area contributed by atoms with Crippen LogP contribution in [0, 0.1) is 11.3 Å². The zero-order valence-corrected chi connectivity index (χ0v) is 11.8. The van der Waals surface area contributed by atoms with Gasteiger partial charge in [-0.15, -0.1) is 0 Å². The number of nitrogens with zero attached hydrogens (tertiary/aromatic N) is 1. The molecule has 0 fully saturated rings. The predicted octanol–water partition coefficient (Wildman–Crippen LogP) is 5.04. The molecule has 0 amide bonds. The average molecular weight is 291 g/mol. The fourth-order valence-electron chi connectivity index (χ4n) is 1.80. The van der Waals surface area contributed by atoms with E-state index in [0.717, 1.165) is 11.3 Å². The third kappa shape index (κ3) is 3.41. The first-order valence-electron chi connectivity index (χ1n) is 5.82. The van der Waals surface area contributed by atoms with Gasteiger partial charge in [-0.2, -0.15) is 5.26 Å². The van der Waals surface area contributed by atoms with E-state index in [-0.39, 0.29) is 6.04 Å². The van der Waals surface area contributed by atoms with E-state index in [1.54, 1.807) is 12.1 Å². The van der Waals surface area contributed by atoms with Gasteiger partial charge in [0.05, 0.1) is 10.6 Å². The van der Waals surface area contributed by atoms with Crippen LogP contribution in [-0.2, 0) is 0 Å². The minimum Gasteiger partial charge on any atom is -0.378 e. The fourth-order valence-corrected chi connectivity index (χ4v) is 2.23. The molecular formula is C15H12Cl2N2. The predicted molar refractivity (Wildman–Crippen MR) is 79.7 cm³/mol. The number of halogens is 2. The van der Waals surface area contributed by atoms with Crippen LogP contribution in [0.5, 0.6) is 0 Å². The van der Waals surface area contributed by atoms with Gasteiger partial charge < -0.3 is 5.32 Å². The Kier molecular flexibility index (Phi) is 4.31. The molecule has 2 aromatic rings. The van der Waals surface area contributed by atoms with Crippen molar-refractivity contribution in [1.29, 1.82) is 5.26 Å². The molecule has 19 heavy (non-hydrogen) atoms. The van der Waals surface area contributed by atoms with Crippen LogP contribution in [-0.4, -0.2) is 0 Å². The third-order valence-corrected chi connectivity index (χ3v) is 3.37. The highest BCUT2D eigenvalue weighted by Gasteiger charge is 2.07.